The molecule has 0 spiro atoms. The van der Waals surface area contributed by atoms with E-state index in [0.29, 0.717) is 12.1 Å². The molecular formula is C14H10BNO7. The number of hydrogen-bond donors (Lipinski definition) is 1. The van der Waals surface area contributed by atoms with Crippen LogP contribution in [0.3, 0.4) is 0 Å². The number of ether oxygens (including phenoxy) is 2. The van der Waals surface area contributed by atoms with Crippen molar-refractivity contribution in [1.82, 2.24) is 0 Å². The van der Waals surface area contributed by atoms with E-state index >= 15 is 0 Å². The maximum absolute atomic E-state index is 11.7. The average Bonchev–Trinajstić information content (AvgIpc) is 2.89. The SMILES string of the molecule is O=C(Oc1ccc([N+](=O)[O-])cc1)Oc1ccc2c(c1)B(O)OC2. The summed E-state index contributed by atoms with van der Waals surface area (Å²) in [7, 11) is -1.04. The number of carbonyl (C=O) groups is 1. The smallest absolute Gasteiger partial charge is 0.423 e. The molecule has 0 saturated heterocycles. The summed E-state index contributed by atoms with van der Waals surface area (Å²) in [5.74, 6) is 0.310. The van der Waals surface area contributed by atoms with E-state index in [1.54, 1.807) is 12.1 Å². The summed E-state index contributed by atoms with van der Waals surface area (Å²) in [5, 5.41) is 20.1. The predicted octanol–water partition coefficient (Wildman–Crippen LogP) is 1.39. The third-order valence-electron chi connectivity index (χ3n) is 3.23. The Morgan fingerprint density at radius 2 is 1.83 bits per heavy atom. The third-order valence-corrected chi connectivity index (χ3v) is 3.23. The standard InChI is InChI=1S/C14H10BNO7/c17-14(22-11-5-2-10(3-6-11)16(19)20)23-12-4-1-9-8-21-15(18)13(9)7-12/h1-7,18H,8H2. The number of nitrogens with zero attached hydrogens (tertiary/aromatic N) is 1. The Morgan fingerprint density at radius 3 is 2.52 bits per heavy atom. The topological polar surface area (TPSA) is 108 Å². The summed E-state index contributed by atoms with van der Waals surface area (Å²) in [5.41, 5.74) is 1.23. The Morgan fingerprint density at radius 1 is 1.17 bits per heavy atom. The van der Waals surface area contributed by atoms with Crippen molar-refractivity contribution in [3.8, 4) is 11.5 Å². The number of hydrogen-bond acceptors (Lipinski definition) is 7. The number of non-ortho nitro benzene ring substituents is 1. The van der Waals surface area contributed by atoms with Crippen molar-refractivity contribution in [2.24, 2.45) is 0 Å². The van der Waals surface area contributed by atoms with Gasteiger partial charge in [-0.2, -0.15) is 0 Å². The van der Waals surface area contributed by atoms with E-state index in [1.165, 1.54) is 30.3 Å². The zero-order valence-corrected chi connectivity index (χ0v) is 11.7. The van der Waals surface area contributed by atoms with Crippen LogP contribution >= 0.6 is 0 Å². The zero-order chi connectivity index (χ0) is 16.4. The van der Waals surface area contributed by atoms with Gasteiger partial charge in [0, 0.05) is 12.1 Å². The van der Waals surface area contributed by atoms with Crippen LogP contribution in [0.25, 0.3) is 0 Å². The highest BCUT2D eigenvalue weighted by Crippen LogP contribution is 2.19. The third kappa shape index (κ3) is 3.30. The van der Waals surface area contributed by atoms with Gasteiger partial charge in [0.1, 0.15) is 11.5 Å². The van der Waals surface area contributed by atoms with Gasteiger partial charge in [-0.15, -0.1) is 0 Å². The Labute approximate surface area is 130 Å². The molecule has 1 heterocycles. The largest absolute Gasteiger partial charge is 0.519 e. The Bertz CT molecular complexity index is 762. The van der Waals surface area contributed by atoms with Crippen LogP contribution in [0.15, 0.2) is 42.5 Å². The van der Waals surface area contributed by atoms with E-state index in [-0.39, 0.29) is 17.2 Å². The number of carbonyl (C=O) groups excluding carboxylic acids is 1. The van der Waals surface area contributed by atoms with Crippen molar-refractivity contribution in [2.45, 2.75) is 6.61 Å². The molecule has 0 aromatic heterocycles. The highest BCUT2D eigenvalue weighted by molar-refractivity contribution is 6.61. The van der Waals surface area contributed by atoms with Crippen molar-refractivity contribution in [1.29, 1.82) is 0 Å². The Kier molecular flexibility index (Phi) is 3.96. The summed E-state index contributed by atoms with van der Waals surface area (Å²) in [6.07, 6.45) is -0.993. The molecule has 8 nitrogen and oxygen atoms in total. The highest BCUT2D eigenvalue weighted by Gasteiger charge is 2.27. The minimum Gasteiger partial charge on any atom is -0.423 e. The van der Waals surface area contributed by atoms with E-state index < -0.39 is 18.2 Å². The monoisotopic (exact) mass is 315 g/mol. The lowest BCUT2D eigenvalue weighted by Gasteiger charge is -2.07. The van der Waals surface area contributed by atoms with Gasteiger partial charge in [0.15, 0.2) is 0 Å². The fraction of sp³-hybridized carbons (Fsp3) is 0.0714. The summed E-state index contributed by atoms with van der Waals surface area (Å²) in [6, 6.07) is 9.73. The summed E-state index contributed by atoms with van der Waals surface area (Å²) >= 11 is 0. The van der Waals surface area contributed by atoms with Crippen molar-refractivity contribution < 1.29 is 28.9 Å². The highest BCUT2D eigenvalue weighted by atomic mass is 16.7. The van der Waals surface area contributed by atoms with Crippen LogP contribution in [-0.4, -0.2) is 23.2 Å². The summed E-state index contributed by atoms with van der Waals surface area (Å²) in [6.45, 7) is 0.296. The molecule has 3 rings (SSSR count). The molecule has 0 fully saturated rings. The Hall–Kier alpha value is -2.91. The normalized spacial score (nSPS) is 12.7. The molecular weight excluding hydrogens is 305 g/mol. The predicted molar refractivity (Wildman–Crippen MR) is 78.6 cm³/mol. The van der Waals surface area contributed by atoms with Crippen LogP contribution in [-0.2, 0) is 11.3 Å². The van der Waals surface area contributed by atoms with E-state index in [9.17, 15) is 19.9 Å². The Balaban J connectivity index is 1.65. The van der Waals surface area contributed by atoms with Gasteiger partial charge in [-0.3, -0.25) is 10.1 Å². The van der Waals surface area contributed by atoms with E-state index in [4.69, 9.17) is 14.1 Å². The number of nitro benzene ring substituents is 1. The van der Waals surface area contributed by atoms with Crippen molar-refractivity contribution in [2.75, 3.05) is 0 Å². The van der Waals surface area contributed by atoms with Crippen molar-refractivity contribution in [3.63, 3.8) is 0 Å². The lowest BCUT2D eigenvalue weighted by molar-refractivity contribution is -0.384. The summed E-state index contributed by atoms with van der Waals surface area (Å²) in [4.78, 5) is 21.7. The van der Waals surface area contributed by atoms with Gasteiger partial charge in [-0.05, 0) is 35.3 Å². The second kappa shape index (κ2) is 6.07. The first-order valence-corrected chi connectivity index (χ1v) is 6.59. The van der Waals surface area contributed by atoms with Crippen LogP contribution in [0, 0.1) is 10.1 Å². The molecule has 23 heavy (non-hydrogen) atoms. The first-order valence-electron chi connectivity index (χ1n) is 6.59. The minimum atomic E-state index is -1.04. The lowest BCUT2D eigenvalue weighted by atomic mass is 9.79. The number of benzene rings is 2. The van der Waals surface area contributed by atoms with Gasteiger partial charge in [0.2, 0.25) is 0 Å². The van der Waals surface area contributed by atoms with Gasteiger partial charge in [-0.1, -0.05) is 6.07 Å². The summed E-state index contributed by atoms with van der Waals surface area (Å²) < 4.78 is 15.0. The maximum Gasteiger partial charge on any atom is 0.519 e. The van der Waals surface area contributed by atoms with Crippen molar-refractivity contribution >= 4 is 24.4 Å². The van der Waals surface area contributed by atoms with Gasteiger partial charge >= 0.3 is 13.3 Å². The van der Waals surface area contributed by atoms with Gasteiger partial charge < -0.3 is 19.2 Å². The molecule has 0 bridgehead atoms. The number of rotatable bonds is 3. The second-order valence-electron chi connectivity index (χ2n) is 4.73. The van der Waals surface area contributed by atoms with Gasteiger partial charge in [-0.25, -0.2) is 4.79 Å². The molecule has 1 aliphatic heterocycles. The first kappa shape index (κ1) is 15.0. The molecule has 1 aliphatic rings. The fourth-order valence-corrected chi connectivity index (χ4v) is 2.11. The molecule has 1 N–H and O–H groups in total. The minimum absolute atomic E-state index is 0.113. The van der Waals surface area contributed by atoms with Crippen LogP contribution in [0.5, 0.6) is 11.5 Å². The number of fused-ring (bicyclic) bond motifs is 1. The number of nitro groups is 1. The van der Waals surface area contributed by atoms with Crippen LogP contribution in [0.4, 0.5) is 10.5 Å². The molecule has 9 heteroatoms. The van der Waals surface area contributed by atoms with Crippen LogP contribution in [0.2, 0.25) is 0 Å². The van der Waals surface area contributed by atoms with Crippen LogP contribution < -0.4 is 14.9 Å². The van der Waals surface area contributed by atoms with E-state index in [2.05, 4.69) is 0 Å². The van der Waals surface area contributed by atoms with Gasteiger partial charge in [0.05, 0.1) is 11.5 Å². The molecule has 0 unspecified atom stereocenters. The molecule has 0 radical (unpaired) electrons. The van der Waals surface area contributed by atoms with E-state index in [1.807, 2.05) is 0 Å². The van der Waals surface area contributed by atoms with Crippen molar-refractivity contribution in [3.05, 3.63) is 58.1 Å². The fourth-order valence-electron chi connectivity index (χ4n) is 2.11. The molecule has 0 amide bonds. The zero-order valence-electron chi connectivity index (χ0n) is 11.7. The van der Waals surface area contributed by atoms with Crippen LogP contribution in [0.1, 0.15) is 5.56 Å². The molecule has 0 saturated carbocycles. The molecule has 0 atom stereocenters. The average molecular weight is 315 g/mol. The molecule has 2 aromatic rings. The maximum atomic E-state index is 11.7. The molecule has 2 aromatic carbocycles. The first-order chi connectivity index (χ1) is 11.0. The van der Waals surface area contributed by atoms with Gasteiger partial charge in [0.25, 0.3) is 5.69 Å². The van der Waals surface area contributed by atoms with E-state index in [0.717, 1.165) is 5.56 Å². The molecule has 0 aliphatic carbocycles. The molecule has 116 valence electrons. The quantitative estimate of drug-likeness (QED) is 0.300. The lowest BCUT2D eigenvalue weighted by Crippen LogP contribution is -2.28. The second-order valence-corrected chi connectivity index (χ2v) is 4.73.